The Kier molecular flexibility index (Phi) is 16.3. The Morgan fingerprint density at radius 1 is 0.946 bits per heavy atom. The summed E-state index contributed by atoms with van der Waals surface area (Å²) in [4.78, 5) is 75.5. The van der Waals surface area contributed by atoms with Crippen LogP contribution in [0.1, 0.15) is 32.6 Å². The Morgan fingerprint density at radius 2 is 1.57 bits per heavy atom. The SMILES string of the molecule is CCCOC(=O)CNC(=O)[C@H](CCCN=C(N)N)NC(=O)CNC(=O)[C@H](CC(=O)O)NC(=O)[C@@H](N)CO. The van der Waals surface area contributed by atoms with Crippen LogP contribution in [-0.4, -0.2) is 103 Å². The fraction of sp³-hybridized carbons (Fsp3) is 0.650. The van der Waals surface area contributed by atoms with Crippen molar-refractivity contribution in [3.63, 3.8) is 0 Å². The zero-order chi connectivity index (χ0) is 28.4. The fourth-order valence-electron chi connectivity index (χ4n) is 2.60. The molecular formula is C20H36N8O9. The van der Waals surface area contributed by atoms with Crippen molar-refractivity contribution in [1.82, 2.24) is 21.3 Å². The third-order valence-electron chi connectivity index (χ3n) is 4.44. The Hall–Kier alpha value is -3.99. The van der Waals surface area contributed by atoms with Gasteiger partial charge in [-0.05, 0) is 19.3 Å². The number of aliphatic imine (C=N–C) groups is 1. The molecule has 0 fully saturated rings. The van der Waals surface area contributed by atoms with Crippen LogP contribution in [0.4, 0.5) is 0 Å². The molecule has 4 amide bonds. The van der Waals surface area contributed by atoms with Crippen LogP contribution in [0.25, 0.3) is 0 Å². The Bertz CT molecular complexity index is 833. The van der Waals surface area contributed by atoms with Gasteiger partial charge < -0.3 is 53.4 Å². The van der Waals surface area contributed by atoms with Crippen molar-refractivity contribution < 1.29 is 43.7 Å². The van der Waals surface area contributed by atoms with Crippen LogP contribution in [0.5, 0.6) is 0 Å². The van der Waals surface area contributed by atoms with E-state index in [0.29, 0.717) is 6.42 Å². The van der Waals surface area contributed by atoms with E-state index in [1.807, 2.05) is 0 Å². The van der Waals surface area contributed by atoms with Gasteiger partial charge in [0.2, 0.25) is 23.6 Å². The van der Waals surface area contributed by atoms with Gasteiger partial charge in [0.25, 0.3) is 0 Å². The average Bonchev–Trinajstić information content (AvgIpc) is 2.84. The Morgan fingerprint density at radius 3 is 2.14 bits per heavy atom. The molecule has 0 radical (unpaired) electrons. The Balaban J connectivity index is 5.10. The van der Waals surface area contributed by atoms with E-state index < -0.39 is 79.8 Å². The summed E-state index contributed by atoms with van der Waals surface area (Å²) in [6.45, 7) is 0.300. The minimum atomic E-state index is -1.58. The maximum atomic E-state index is 12.5. The summed E-state index contributed by atoms with van der Waals surface area (Å²) in [5.41, 5.74) is 15.8. The minimum absolute atomic E-state index is 0.0725. The van der Waals surface area contributed by atoms with Crippen LogP contribution in [-0.2, 0) is 33.5 Å². The zero-order valence-electron chi connectivity index (χ0n) is 20.5. The number of nitrogens with one attached hydrogen (secondary N) is 4. The van der Waals surface area contributed by atoms with E-state index in [4.69, 9.17) is 32.2 Å². The van der Waals surface area contributed by atoms with Crippen molar-refractivity contribution in [3.05, 3.63) is 0 Å². The number of nitrogens with zero attached hydrogens (tertiary/aromatic N) is 1. The molecule has 3 atom stereocenters. The topological polar surface area (TPSA) is 291 Å². The second-order valence-electron chi connectivity index (χ2n) is 7.67. The summed E-state index contributed by atoms with van der Waals surface area (Å²) >= 11 is 0. The molecule has 0 saturated carbocycles. The number of amides is 4. The van der Waals surface area contributed by atoms with Crippen molar-refractivity contribution in [2.24, 2.45) is 22.2 Å². The molecular weight excluding hydrogens is 496 g/mol. The van der Waals surface area contributed by atoms with Gasteiger partial charge in [-0.3, -0.25) is 33.8 Å². The molecule has 0 bridgehead atoms. The number of aliphatic hydroxyl groups is 1. The van der Waals surface area contributed by atoms with Gasteiger partial charge >= 0.3 is 11.9 Å². The molecule has 0 heterocycles. The van der Waals surface area contributed by atoms with E-state index in [-0.39, 0.29) is 32.0 Å². The number of carbonyl (C=O) groups is 6. The standard InChI is InChI=1S/C20H36N8O9/c1-2-6-37-16(33)9-26-18(35)12(4-3-5-24-20(22)23)27-14(30)8-25-19(36)13(7-15(31)32)28-17(34)11(21)10-29/h11-13,29H,2-10,21H2,1H3,(H,25,36)(H,26,35)(H,27,30)(H,28,34)(H,31,32)(H4,22,23,24)/t11-,12-,13-/m0/s1. The van der Waals surface area contributed by atoms with Gasteiger partial charge in [-0.2, -0.15) is 0 Å². The number of nitrogens with two attached hydrogens (primary N) is 3. The first-order chi connectivity index (χ1) is 17.4. The van der Waals surface area contributed by atoms with E-state index in [2.05, 4.69) is 26.3 Å². The predicted octanol–water partition coefficient (Wildman–Crippen LogP) is -5.01. The minimum Gasteiger partial charge on any atom is -0.481 e. The number of carboxylic acids is 1. The number of hydrogen-bond donors (Lipinski definition) is 9. The first kappa shape index (κ1) is 33.0. The molecule has 0 aliphatic heterocycles. The van der Waals surface area contributed by atoms with Crippen LogP contribution in [0, 0.1) is 0 Å². The number of aliphatic hydroxyl groups excluding tert-OH is 1. The highest BCUT2D eigenvalue weighted by Crippen LogP contribution is 2.00. The van der Waals surface area contributed by atoms with Crippen molar-refractivity contribution in [3.8, 4) is 0 Å². The molecule has 0 spiro atoms. The second-order valence-corrected chi connectivity index (χ2v) is 7.67. The molecule has 0 aromatic rings. The van der Waals surface area contributed by atoms with Gasteiger partial charge in [0.15, 0.2) is 5.96 Å². The van der Waals surface area contributed by atoms with E-state index >= 15 is 0 Å². The summed E-state index contributed by atoms with van der Waals surface area (Å²) in [6, 6.07) is -4.09. The van der Waals surface area contributed by atoms with E-state index in [1.54, 1.807) is 6.92 Å². The molecule has 0 saturated heterocycles. The first-order valence-electron chi connectivity index (χ1n) is 11.4. The van der Waals surface area contributed by atoms with Gasteiger partial charge in [0, 0.05) is 6.54 Å². The van der Waals surface area contributed by atoms with Crippen LogP contribution in [0.2, 0.25) is 0 Å². The highest BCUT2D eigenvalue weighted by Gasteiger charge is 2.27. The van der Waals surface area contributed by atoms with E-state index in [1.165, 1.54) is 0 Å². The molecule has 12 N–H and O–H groups in total. The second kappa shape index (κ2) is 18.3. The summed E-state index contributed by atoms with van der Waals surface area (Å²) < 4.78 is 4.86. The van der Waals surface area contributed by atoms with Gasteiger partial charge in [-0.15, -0.1) is 0 Å². The lowest BCUT2D eigenvalue weighted by molar-refractivity contribution is -0.144. The monoisotopic (exact) mass is 532 g/mol. The highest BCUT2D eigenvalue weighted by atomic mass is 16.5. The van der Waals surface area contributed by atoms with Crippen LogP contribution in [0.3, 0.4) is 0 Å². The molecule has 17 nitrogen and oxygen atoms in total. The van der Waals surface area contributed by atoms with E-state index in [9.17, 15) is 28.8 Å². The van der Waals surface area contributed by atoms with Crippen molar-refractivity contribution in [1.29, 1.82) is 0 Å². The van der Waals surface area contributed by atoms with Crippen molar-refractivity contribution >= 4 is 41.5 Å². The number of rotatable bonds is 18. The molecule has 17 heteroatoms. The number of carboxylic acid groups (broad SMARTS) is 1. The number of guanidine groups is 1. The smallest absolute Gasteiger partial charge is 0.325 e. The Labute approximate surface area is 212 Å². The number of carbonyl (C=O) groups excluding carboxylic acids is 5. The maximum absolute atomic E-state index is 12.5. The van der Waals surface area contributed by atoms with E-state index in [0.717, 1.165) is 0 Å². The molecule has 0 rings (SSSR count). The molecule has 210 valence electrons. The average molecular weight is 533 g/mol. The van der Waals surface area contributed by atoms with Gasteiger partial charge in [-0.25, -0.2) is 0 Å². The zero-order valence-corrected chi connectivity index (χ0v) is 20.5. The number of ether oxygens (including phenoxy) is 1. The van der Waals surface area contributed by atoms with Crippen LogP contribution >= 0.6 is 0 Å². The lowest BCUT2D eigenvalue weighted by Crippen LogP contribution is -2.55. The lowest BCUT2D eigenvalue weighted by atomic mass is 10.1. The summed E-state index contributed by atoms with van der Waals surface area (Å²) in [5, 5.41) is 26.9. The third kappa shape index (κ3) is 15.6. The quantitative estimate of drug-likeness (QED) is 0.0347. The molecule has 0 aliphatic carbocycles. The van der Waals surface area contributed by atoms with Crippen molar-refractivity contribution in [2.45, 2.75) is 50.7 Å². The molecule has 37 heavy (non-hydrogen) atoms. The number of aliphatic carboxylic acids is 1. The maximum Gasteiger partial charge on any atom is 0.325 e. The molecule has 0 unspecified atom stereocenters. The third-order valence-corrected chi connectivity index (χ3v) is 4.44. The highest BCUT2D eigenvalue weighted by molar-refractivity contribution is 5.95. The van der Waals surface area contributed by atoms with Gasteiger partial charge in [-0.1, -0.05) is 6.92 Å². The molecule has 0 aliphatic rings. The van der Waals surface area contributed by atoms with Gasteiger partial charge in [0.05, 0.1) is 26.2 Å². The number of hydrogen-bond acceptors (Lipinski definition) is 10. The largest absolute Gasteiger partial charge is 0.481 e. The summed E-state index contributed by atoms with van der Waals surface area (Å²) in [5.74, 6) is -5.75. The fourth-order valence-corrected chi connectivity index (χ4v) is 2.60. The lowest BCUT2D eigenvalue weighted by Gasteiger charge is -2.20. The van der Waals surface area contributed by atoms with Crippen LogP contribution < -0.4 is 38.5 Å². The molecule has 0 aromatic carbocycles. The summed E-state index contributed by atoms with van der Waals surface area (Å²) in [6.07, 6.45) is 0.130. The number of esters is 1. The predicted molar refractivity (Wildman–Crippen MR) is 128 cm³/mol. The molecule has 0 aromatic heterocycles. The summed E-state index contributed by atoms with van der Waals surface area (Å²) in [7, 11) is 0. The first-order valence-corrected chi connectivity index (χ1v) is 11.4. The normalized spacial score (nSPS) is 12.7. The van der Waals surface area contributed by atoms with Crippen molar-refractivity contribution in [2.75, 3.05) is 32.8 Å². The van der Waals surface area contributed by atoms with Gasteiger partial charge in [0.1, 0.15) is 24.7 Å². The van der Waals surface area contributed by atoms with Crippen LogP contribution in [0.15, 0.2) is 4.99 Å².